The summed E-state index contributed by atoms with van der Waals surface area (Å²) >= 11 is 0. The van der Waals surface area contributed by atoms with Crippen LogP contribution in [0.5, 0.6) is 5.75 Å². The lowest BCUT2D eigenvalue weighted by Crippen LogP contribution is -1.90. The number of non-ortho nitro benzene ring substituents is 1. The highest BCUT2D eigenvalue weighted by molar-refractivity contribution is 6.04. The second kappa shape index (κ2) is 9.31. The van der Waals surface area contributed by atoms with Crippen LogP contribution in [0.4, 0.5) is 39.8 Å². The topological polar surface area (TPSA) is 182 Å². The molecule has 4 rings (SSSR count). The SMILES string of the molecule is Cc1cc(N=Nc2ccc3ccc(N=Nc4ccc([N+](=O)[O-])cc4)c(N)c3c2O)ccc1[N+](=O)[O-]. The number of nitro groups is 2. The number of phenolic OH excluding ortho intramolecular Hbond substituents is 1. The average Bonchev–Trinajstić information content (AvgIpc) is 2.83. The van der Waals surface area contributed by atoms with Crippen LogP contribution in [0.2, 0.25) is 0 Å². The molecule has 0 amide bonds. The third-order valence-electron chi connectivity index (χ3n) is 5.14. The fourth-order valence-electron chi connectivity index (χ4n) is 3.34. The van der Waals surface area contributed by atoms with E-state index in [1.165, 1.54) is 42.5 Å². The number of nitrogen functional groups attached to an aromatic ring is 1. The third kappa shape index (κ3) is 4.75. The van der Waals surface area contributed by atoms with Crippen LogP contribution in [0.3, 0.4) is 0 Å². The molecule has 4 aromatic carbocycles. The minimum absolute atomic E-state index is 0.0271. The van der Waals surface area contributed by atoms with Gasteiger partial charge >= 0.3 is 0 Å². The zero-order chi connectivity index (χ0) is 25.1. The molecule has 0 radical (unpaired) electrons. The van der Waals surface area contributed by atoms with Crippen LogP contribution in [0, 0.1) is 27.2 Å². The third-order valence-corrected chi connectivity index (χ3v) is 5.14. The molecule has 35 heavy (non-hydrogen) atoms. The number of anilines is 1. The molecule has 0 aliphatic heterocycles. The fraction of sp³-hybridized carbons (Fsp3) is 0.0435. The summed E-state index contributed by atoms with van der Waals surface area (Å²) in [6.07, 6.45) is 0. The van der Waals surface area contributed by atoms with Gasteiger partial charge < -0.3 is 10.8 Å². The lowest BCUT2D eigenvalue weighted by Gasteiger charge is -2.08. The van der Waals surface area contributed by atoms with Gasteiger partial charge in [-0.05, 0) is 48.7 Å². The highest BCUT2D eigenvalue weighted by Crippen LogP contribution is 2.42. The van der Waals surface area contributed by atoms with E-state index in [1.54, 1.807) is 31.2 Å². The van der Waals surface area contributed by atoms with Gasteiger partial charge in [0.15, 0.2) is 5.75 Å². The Morgan fingerprint density at radius 1 is 0.771 bits per heavy atom. The largest absolute Gasteiger partial charge is 0.505 e. The predicted molar refractivity (Wildman–Crippen MR) is 129 cm³/mol. The standard InChI is InChI=1S/C23H17N7O5/c1-13-12-16(6-11-20(13)30(34)35)26-28-19-10-3-14-2-9-18(22(24)21(14)23(19)31)27-25-15-4-7-17(8-5-15)29(32)33/h2-12,31H,24H2,1H3. The second-order valence-corrected chi connectivity index (χ2v) is 7.43. The van der Waals surface area contributed by atoms with E-state index >= 15 is 0 Å². The molecule has 0 unspecified atom stereocenters. The van der Waals surface area contributed by atoms with Crippen LogP contribution in [-0.2, 0) is 0 Å². The number of nitro benzene ring substituents is 2. The maximum Gasteiger partial charge on any atom is 0.272 e. The van der Waals surface area contributed by atoms with Crippen molar-refractivity contribution in [3.05, 3.63) is 92.5 Å². The highest BCUT2D eigenvalue weighted by atomic mass is 16.6. The number of azo groups is 2. The highest BCUT2D eigenvalue weighted by Gasteiger charge is 2.13. The summed E-state index contributed by atoms with van der Waals surface area (Å²) < 4.78 is 0. The normalized spacial score (nSPS) is 11.5. The monoisotopic (exact) mass is 471 g/mol. The first-order valence-corrected chi connectivity index (χ1v) is 10.1. The molecule has 174 valence electrons. The van der Waals surface area contributed by atoms with E-state index < -0.39 is 9.85 Å². The van der Waals surface area contributed by atoms with Gasteiger partial charge in [0, 0.05) is 23.8 Å². The molecular weight excluding hydrogens is 454 g/mol. The van der Waals surface area contributed by atoms with Crippen molar-refractivity contribution in [1.82, 2.24) is 0 Å². The number of aryl methyl sites for hydroxylation is 1. The molecule has 0 aliphatic rings. The van der Waals surface area contributed by atoms with E-state index in [-0.39, 0.29) is 34.2 Å². The number of rotatable bonds is 6. The van der Waals surface area contributed by atoms with Gasteiger partial charge in [-0.1, -0.05) is 12.1 Å². The Kier molecular flexibility index (Phi) is 6.10. The van der Waals surface area contributed by atoms with Crippen molar-refractivity contribution in [2.45, 2.75) is 6.92 Å². The number of nitrogens with two attached hydrogens (primary N) is 1. The van der Waals surface area contributed by atoms with E-state index in [0.29, 0.717) is 27.7 Å². The van der Waals surface area contributed by atoms with E-state index in [4.69, 9.17) is 5.73 Å². The van der Waals surface area contributed by atoms with Crippen LogP contribution < -0.4 is 5.73 Å². The lowest BCUT2D eigenvalue weighted by molar-refractivity contribution is -0.385. The summed E-state index contributed by atoms with van der Waals surface area (Å²) in [6, 6.07) is 16.5. The second-order valence-electron chi connectivity index (χ2n) is 7.43. The minimum atomic E-state index is -0.511. The number of nitrogens with zero attached hydrogens (tertiary/aromatic N) is 6. The molecule has 0 spiro atoms. The van der Waals surface area contributed by atoms with Crippen molar-refractivity contribution >= 4 is 50.6 Å². The smallest absolute Gasteiger partial charge is 0.272 e. The van der Waals surface area contributed by atoms with Crippen LogP contribution in [0.15, 0.2) is 87.2 Å². The maximum atomic E-state index is 11.0. The summed E-state index contributed by atoms with van der Waals surface area (Å²) in [5, 5.41) is 49.8. The van der Waals surface area contributed by atoms with Gasteiger partial charge in [0.1, 0.15) is 11.4 Å². The van der Waals surface area contributed by atoms with E-state index in [9.17, 15) is 25.3 Å². The first kappa shape index (κ1) is 22.9. The number of aromatic hydroxyl groups is 1. The number of fused-ring (bicyclic) bond motifs is 1. The zero-order valence-corrected chi connectivity index (χ0v) is 18.2. The molecule has 0 saturated heterocycles. The Labute approximate surface area is 197 Å². The molecule has 0 saturated carbocycles. The molecule has 0 atom stereocenters. The van der Waals surface area contributed by atoms with Gasteiger partial charge in [0.2, 0.25) is 0 Å². The molecule has 0 fully saturated rings. The molecule has 4 aromatic rings. The molecule has 0 aromatic heterocycles. The van der Waals surface area contributed by atoms with Crippen molar-refractivity contribution < 1.29 is 15.0 Å². The van der Waals surface area contributed by atoms with Crippen LogP contribution in [0.1, 0.15) is 5.56 Å². The lowest BCUT2D eigenvalue weighted by atomic mass is 10.1. The maximum absolute atomic E-state index is 11.0. The molecule has 12 nitrogen and oxygen atoms in total. The first-order chi connectivity index (χ1) is 16.7. The Hall–Kier alpha value is -5.26. The molecule has 0 bridgehead atoms. The first-order valence-electron chi connectivity index (χ1n) is 10.1. The summed E-state index contributed by atoms with van der Waals surface area (Å²) in [7, 11) is 0. The molecule has 0 aliphatic carbocycles. The van der Waals surface area contributed by atoms with Gasteiger partial charge in [-0.3, -0.25) is 20.2 Å². The van der Waals surface area contributed by atoms with Gasteiger partial charge in [-0.15, -0.1) is 10.2 Å². The van der Waals surface area contributed by atoms with Crippen molar-refractivity contribution in [1.29, 1.82) is 0 Å². The van der Waals surface area contributed by atoms with Crippen molar-refractivity contribution in [3.63, 3.8) is 0 Å². The van der Waals surface area contributed by atoms with Crippen LogP contribution >= 0.6 is 0 Å². The van der Waals surface area contributed by atoms with Gasteiger partial charge in [0.05, 0.1) is 32.3 Å². The summed E-state index contributed by atoms with van der Waals surface area (Å²) in [5.41, 5.74) is 7.95. The van der Waals surface area contributed by atoms with Crippen molar-refractivity contribution in [2.75, 3.05) is 5.73 Å². The Morgan fingerprint density at radius 2 is 1.37 bits per heavy atom. The van der Waals surface area contributed by atoms with Crippen LogP contribution in [-0.4, -0.2) is 15.0 Å². The zero-order valence-electron chi connectivity index (χ0n) is 18.2. The Bertz CT molecular complexity index is 1530. The molecular formula is C23H17N7O5. The van der Waals surface area contributed by atoms with Gasteiger partial charge in [-0.2, -0.15) is 10.2 Å². The number of benzene rings is 4. The van der Waals surface area contributed by atoms with Crippen molar-refractivity contribution in [2.24, 2.45) is 20.5 Å². The van der Waals surface area contributed by atoms with Gasteiger partial charge in [-0.25, -0.2) is 0 Å². The van der Waals surface area contributed by atoms with E-state index in [1.807, 2.05) is 0 Å². The number of hydrogen-bond donors (Lipinski definition) is 2. The fourth-order valence-corrected chi connectivity index (χ4v) is 3.34. The quantitative estimate of drug-likeness (QED) is 0.131. The predicted octanol–water partition coefficient (Wildman–Crippen LogP) is 7.08. The molecule has 0 heterocycles. The summed E-state index contributed by atoms with van der Waals surface area (Å²) in [5.74, 6) is -0.213. The number of hydrogen-bond acceptors (Lipinski definition) is 10. The van der Waals surface area contributed by atoms with Crippen LogP contribution in [0.25, 0.3) is 10.8 Å². The van der Waals surface area contributed by atoms with E-state index in [0.717, 1.165) is 0 Å². The van der Waals surface area contributed by atoms with Gasteiger partial charge in [0.25, 0.3) is 11.4 Å². The Balaban J connectivity index is 1.65. The average molecular weight is 471 g/mol. The van der Waals surface area contributed by atoms with E-state index in [2.05, 4.69) is 20.5 Å². The Morgan fingerprint density at radius 3 is 2.00 bits per heavy atom. The van der Waals surface area contributed by atoms with Crippen molar-refractivity contribution in [3.8, 4) is 5.75 Å². The molecule has 3 N–H and O–H groups in total. The summed E-state index contributed by atoms with van der Waals surface area (Å²) in [6.45, 7) is 1.60. The summed E-state index contributed by atoms with van der Waals surface area (Å²) in [4.78, 5) is 20.8. The number of phenols is 1. The molecule has 12 heteroatoms. The minimum Gasteiger partial charge on any atom is -0.505 e.